The SMILES string of the molecule is CCC(=C(c1ccncc1)c1ccc(OCCNCC(C)=C(C)C(N)=O)cc1)c1ccccc1. The van der Waals surface area contributed by atoms with Crippen molar-refractivity contribution >= 4 is 17.1 Å². The molecule has 1 heterocycles. The molecule has 34 heavy (non-hydrogen) atoms. The van der Waals surface area contributed by atoms with Crippen LogP contribution in [-0.2, 0) is 4.79 Å². The highest BCUT2D eigenvalue weighted by Gasteiger charge is 2.13. The first-order chi connectivity index (χ1) is 16.5. The van der Waals surface area contributed by atoms with E-state index in [-0.39, 0.29) is 5.91 Å². The predicted molar refractivity (Wildman–Crippen MR) is 139 cm³/mol. The van der Waals surface area contributed by atoms with Gasteiger partial charge in [0.1, 0.15) is 12.4 Å². The van der Waals surface area contributed by atoms with Crippen LogP contribution in [0, 0.1) is 0 Å². The van der Waals surface area contributed by atoms with Gasteiger partial charge in [-0.2, -0.15) is 0 Å². The van der Waals surface area contributed by atoms with Crippen molar-refractivity contribution in [2.45, 2.75) is 27.2 Å². The lowest BCUT2D eigenvalue weighted by atomic mass is 9.88. The zero-order valence-electron chi connectivity index (χ0n) is 20.2. The third kappa shape index (κ3) is 6.65. The van der Waals surface area contributed by atoms with E-state index in [1.165, 1.54) is 16.7 Å². The van der Waals surface area contributed by atoms with Crippen LogP contribution in [0.15, 0.2) is 90.3 Å². The molecule has 0 saturated heterocycles. The smallest absolute Gasteiger partial charge is 0.244 e. The largest absolute Gasteiger partial charge is 0.492 e. The average molecular weight is 456 g/mol. The van der Waals surface area contributed by atoms with Gasteiger partial charge in [0.2, 0.25) is 5.91 Å². The second-order valence-corrected chi connectivity index (χ2v) is 8.13. The van der Waals surface area contributed by atoms with Crippen LogP contribution in [0.1, 0.15) is 43.9 Å². The summed E-state index contributed by atoms with van der Waals surface area (Å²) in [4.78, 5) is 15.4. The van der Waals surface area contributed by atoms with E-state index in [9.17, 15) is 4.79 Å². The number of carbonyl (C=O) groups is 1. The number of amides is 1. The van der Waals surface area contributed by atoms with Gasteiger partial charge in [-0.05, 0) is 72.4 Å². The standard InChI is InChI=1S/C29H33N3O2/c1-4-27(23-8-6-5-7-9-23)28(25-14-16-31-17-15-25)24-10-12-26(13-11-24)34-19-18-32-20-21(2)22(3)29(30)33/h5-17,32H,4,18-20H2,1-3H3,(H2,30,33). The van der Waals surface area contributed by atoms with Crippen molar-refractivity contribution in [1.82, 2.24) is 10.3 Å². The zero-order valence-corrected chi connectivity index (χ0v) is 20.2. The van der Waals surface area contributed by atoms with Gasteiger partial charge in [0.05, 0.1) is 0 Å². The minimum absolute atomic E-state index is 0.380. The van der Waals surface area contributed by atoms with Gasteiger partial charge in [0, 0.05) is 31.1 Å². The molecule has 0 aliphatic rings. The van der Waals surface area contributed by atoms with Gasteiger partial charge >= 0.3 is 0 Å². The molecule has 0 aliphatic carbocycles. The molecule has 0 bridgehead atoms. The summed E-state index contributed by atoms with van der Waals surface area (Å²) >= 11 is 0. The molecule has 5 heteroatoms. The van der Waals surface area contributed by atoms with Gasteiger partial charge < -0.3 is 15.8 Å². The molecule has 0 aliphatic heterocycles. The second kappa shape index (κ2) is 12.5. The number of hydrogen-bond acceptors (Lipinski definition) is 4. The molecule has 1 amide bonds. The van der Waals surface area contributed by atoms with Crippen LogP contribution in [-0.4, -0.2) is 30.6 Å². The minimum atomic E-state index is -0.380. The van der Waals surface area contributed by atoms with Crippen LogP contribution >= 0.6 is 0 Å². The maximum absolute atomic E-state index is 11.2. The molecule has 176 valence electrons. The van der Waals surface area contributed by atoms with E-state index >= 15 is 0 Å². The van der Waals surface area contributed by atoms with Gasteiger partial charge in [0.15, 0.2) is 0 Å². The molecule has 0 atom stereocenters. The highest BCUT2D eigenvalue weighted by molar-refractivity contribution is 5.98. The van der Waals surface area contributed by atoms with Crippen LogP contribution in [0.2, 0.25) is 0 Å². The van der Waals surface area contributed by atoms with Crippen molar-refractivity contribution < 1.29 is 9.53 Å². The summed E-state index contributed by atoms with van der Waals surface area (Å²) in [6.45, 7) is 7.64. The number of carbonyl (C=O) groups excluding carboxylic acids is 1. The molecule has 0 saturated carbocycles. The molecule has 2 aromatic carbocycles. The molecule has 3 N–H and O–H groups in total. The van der Waals surface area contributed by atoms with E-state index in [1.807, 2.05) is 37.5 Å². The number of nitrogens with zero attached hydrogens (tertiary/aromatic N) is 1. The first kappa shape index (κ1) is 24.9. The molecule has 5 nitrogen and oxygen atoms in total. The zero-order chi connectivity index (χ0) is 24.3. The van der Waals surface area contributed by atoms with Crippen molar-refractivity contribution in [3.63, 3.8) is 0 Å². The van der Waals surface area contributed by atoms with E-state index in [4.69, 9.17) is 10.5 Å². The van der Waals surface area contributed by atoms with Crippen LogP contribution < -0.4 is 15.8 Å². The van der Waals surface area contributed by atoms with Crippen LogP contribution in [0.5, 0.6) is 5.75 Å². The molecular weight excluding hydrogens is 422 g/mol. The average Bonchev–Trinajstić information content (AvgIpc) is 2.88. The highest BCUT2D eigenvalue weighted by Crippen LogP contribution is 2.34. The fourth-order valence-corrected chi connectivity index (χ4v) is 3.78. The number of primary amides is 1. The van der Waals surface area contributed by atoms with Gasteiger partial charge in [-0.3, -0.25) is 9.78 Å². The number of benzene rings is 2. The van der Waals surface area contributed by atoms with E-state index in [2.05, 4.69) is 65.8 Å². The molecular formula is C29H33N3O2. The number of aromatic nitrogens is 1. The van der Waals surface area contributed by atoms with Gasteiger partial charge in [-0.15, -0.1) is 0 Å². The summed E-state index contributed by atoms with van der Waals surface area (Å²) in [5.41, 5.74) is 12.9. The Kier molecular flexibility index (Phi) is 9.18. The minimum Gasteiger partial charge on any atom is -0.492 e. The third-order valence-electron chi connectivity index (χ3n) is 5.84. The molecule has 0 unspecified atom stereocenters. The van der Waals surface area contributed by atoms with E-state index in [0.29, 0.717) is 25.3 Å². The van der Waals surface area contributed by atoms with Crippen LogP contribution in [0.25, 0.3) is 11.1 Å². The molecule has 0 radical (unpaired) electrons. The number of nitrogens with one attached hydrogen (secondary N) is 1. The number of ether oxygens (including phenoxy) is 1. The van der Waals surface area contributed by atoms with Crippen molar-refractivity contribution in [2.75, 3.05) is 19.7 Å². The first-order valence-corrected chi connectivity index (χ1v) is 11.6. The summed E-state index contributed by atoms with van der Waals surface area (Å²) in [5, 5.41) is 3.28. The van der Waals surface area contributed by atoms with Gasteiger partial charge in [-0.1, -0.05) is 55.0 Å². The Balaban J connectivity index is 1.73. The number of hydrogen-bond donors (Lipinski definition) is 2. The monoisotopic (exact) mass is 455 g/mol. The molecule has 3 rings (SSSR count). The van der Waals surface area contributed by atoms with Crippen LogP contribution in [0.4, 0.5) is 0 Å². The summed E-state index contributed by atoms with van der Waals surface area (Å²) < 4.78 is 5.91. The normalized spacial score (nSPS) is 12.6. The summed E-state index contributed by atoms with van der Waals surface area (Å²) in [6, 6.07) is 22.9. The maximum atomic E-state index is 11.2. The van der Waals surface area contributed by atoms with Crippen LogP contribution in [0.3, 0.4) is 0 Å². The number of nitrogens with two attached hydrogens (primary N) is 1. The number of rotatable bonds is 11. The summed E-state index contributed by atoms with van der Waals surface area (Å²) in [7, 11) is 0. The molecule has 3 aromatic rings. The van der Waals surface area contributed by atoms with E-state index < -0.39 is 0 Å². The Morgan fingerprint density at radius 3 is 2.18 bits per heavy atom. The van der Waals surface area contributed by atoms with E-state index in [0.717, 1.165) is 28.9 Å². The van der Waals surface area contributed by atoms with Crippen molar-refractivity contribution in [1.29, 1.82) is 0 Å². The van der Waals surface area contributed by atoms with Crippen molar-refractivity contribution in [3.8, 4) is 5.75 Å². The fraction of sp³-hybridized carbons (Fsp3) is 0.241. The lowest BCUT2D eigenvalue weighted by Crippen LogP contribution is -2.24. The second-order valence-electron chi connectivity index (χ2n) is 8.13. The first-order valence-electron chi connectivity index (χ1n) is 11.6. The summed E-state index contributed by atoms with van der Waals surface area (Å²) in [5.74, 6) is 0.437. The van der Waals surface area contributed by atoms with Gasteiger partial charge in [0.25, 0.3) is 0 Å². The van der Waals surface area contributed by atoms with Crippen molar-refractivity contribution in [2.24, 2.45) is 5.73 Å². The Morgan fingerprint density at radius 2 is 1.56 bits per heavy atom. The lowest BCUT2D eigenvalue weighted by Gasteiger charge is -2.16. The molecule has 0 spiro atoms. The predicted octanol–water partition coefficient (Wildman–Crippen LogP) is 5.24. The Labute approximate surface area is 202 Å². The van der Waals surface area contributed by atoms with E-state index in [1.54, 1.807) is 6.92 Å². The topological polar surface area (TPSA) is 77.2 Å². The Bertz CT molecular complexity index is 1140. The van der Waals surface area contributed by atoms with Crippen molar-refractivity contribution in [3.05, 3.63) is 107 Å². The Morgan fingerprint density at radius 1 is 0.912 bits per heavy atom. The third-order valence-corrected chi connectivity index (χ3v) is 5.84. The number of allylic oxidation sites excluding steroid dienone is 1. The quantitative estimate of drug-likeness (QED) is 0.235. The molecule has 0 fully saturated rings. The maximum Gasteiger partial charge on any atom is 0.244 e. The van der Waals surface area contributed by atoms with Gasteiger partial charge in [-0.25, -0.2) is 0 Å². The number of pyridine rings is 1. The highest BCUT2D eigenvalue weighted by atomic mass is 16.5. The fourth-order valence-electron chi connectivity index (χ4n) is 3.78. The Hall–Kier alpha value is -3.70. The lowest BCUT2D eigenvalue weighted by molar-refractivity contribution is -0.114. The molecule has 1 aromatic heterocycles. The summed E-state index contributed by atoms with van der Waals surface area (Å²) in [6.07, 6.45) is 4.58.